The quantitative estimate of drug-likeness (QED) is 0.687. The van der Waals surface area contributed by atoms with Crippen molar-refractivity contribution in [2.75, 3.05) is 11.4 Å². The number of amides is 1. The molecule has 0 aliphatic carbocycles. The van der Waals surface area contributed by atoms with Crippen LogP contribution in [0.4, 0.5) is 5.69 Å². The molecule has 4 heteroatoms. The molecule has 1 heterocycles. The van der Waals surface area contributed by atoms with Crippen LogP contribution in [-0.4, -0.2) is 28.0 Å². The molecule has 1 aliphatic heterocycles. The fourth-order valence-corrected chi connectivity index (χ4v) is 3.92. The summed E-state index contributed by atoms with van der Waals surface area (Å²) in [7, 11) is 0. The van der Waals surface area contributed by atoms with Crippen LogP contribution in [0.15, 0.2) is 54.6 Å². The van der Waals surface area contributed by atoms with Crippen molar-refractivity contribution >= 4 is 28.9 Å². The van der Waals surface area contributed by atoms with Crippen molar-refractivity contribution in [3.8, 4) is 0 Å². The maximum absolute atomic E-state index is 12.8. The summed E-state index contributed by atoms with van der Waals surface area (Å²) in [5.41, 5.74) is 2.87. The van der Waals surface area contributed by atoms with E-state index in [1.165, 1.54) is 11.1 Å². The van der Waals surface area contributed by atoms with Crippen LogP contribution >= 0.6 is 12.2 Å². The summed E-state index contributed by atoms with van der Waals surface area (Å²) in [4.78, 5) is 16.6. The van der Waals surface area contributed by atoms with Crippen LogP contribution in [0, 0.1) is 0 Å². The number of nitrogens with zero attached hydrogens (tertiary/aromatic N) is 2. The predicted molar refractivity (Wildman–Crippen MR) is 111 cm³/mol. The molecule has 1 amide bonds. The summed E-state index contributed by atoms with van der Waals surface area (Å²) in [6, 6.07) is 18.8. The number of rotatable bonds is 6. The van der Waals surface area contributed by atoms with Crippen LogP contribution in [-0.2, 0) is 11.2 Å². The molecule has 0 radical (unpaired) electrons. The second-order valence-electron chi connectivity index (χ2n) is 7.32. The molecule has 1 saturated heterocycles. The maximum atomic E-state index is 12.8. The van der Waals surface area contributed by atoms with Crippen molar-refractivity contribution in [3.05, 3.63) is 65.7 Å². The molecule has 3 nitrogen and oxygen atoms in total. The number of unbranched alkanes of at least 4 members (excludes halogenated alkanes) is 1. The van der Waals surface area contributed by atoms with E-state index in [4.69, 9.17) is 12.2 Å². The number of carbonyl (C=O) groups is 1. The molecule has 0 spiro atoms. The van der Waals surface area contributed by atoms with Gasteiger partial charge in [-0.25, -0.2) is 0 Å². The van der Waals surface area contributed by atoms with E-state index in [1.54, 1.807) is 4.90 Å². The third-order valence-corrected chi connectivity index (χ3v) is 5.33. The normalized spacial score (nSPS) is 16.4. The van der Waals surface area contributed by atoms with Crippen molar-refractivity contribution in [2.24, 2.45) is 0 Å². The van der Waals surface area contributed by atoms with Gasteiger partial charge in [0, 0.05) is 12.2 Å². The van der Waals surface area contributed by atoms with E-state index in [-0.39, 0.29) is 5.91 Å². The fourth-order valence-electron chi connectivity index (χ4n) is 3.41. The van der Waals surface area contributed by atoms with E-state index in [1.807, 2.05) is 24.8 Å². The molecule has 0 atom stereocenters. The van der Waals surface area contributed by atoms with E-state index in [0.29, 0.717) is 11.7 Å². The summed E-state index contributed by atoms with van der Waals surface area (Å²) in [6.07, 6.45) is 2.91. The van der Waals surface area contributed by atoms with Crippen molar-refractivity contribution in [3.63, 3.8) is 0 Å². The van der Waals surface area contributed by atoms with E-state index in [9.17, 15) is 4.79 Å². The minimum absolute atomic E-state index is 0.0873. The van der Waals surface area contributed by atoms with Gasteiger partial charge in [0.15, 0.2) is 5.11 Å². The summed E-state index contributed by atoms with van der Waals surface area (Å²) < 4.78 is 0. The maximum Gasteiger partial charge on any atom is 0.254 e. The lowest BCUT2D eigenvalue weighted by Crippen LogP contribution is -2.44. The van der Waals surface area contributed by atoms with E-state index >= 15 is 0 Å². The third kappa shape index (κ3) is 3.51. The lowest BCUT2D eigenvalue weighted by Gasteiger charge is -2.29. The lowest BCUT2D eigenvalue weighted by atomic mass is 10.0. The molecule has 0 aromatic heterocycles. The first-order chi connectivity index (χ1) is 12.4. The highest BCUT2D eigenvalue weighted by atomic mass is 32.1. The highest BCUT2D eigenvalue weighted by molar-refractivity contribution is 7.80. The van der Waals surface area contributed by atoms with Gasteiger partial charge in [-0.05, 0) is 62.2 Å². The second-order valence-corrected chi connectivity index (χ2v) is 7.68. The Labute approximate surface area is 161 Å². The Hall–Kier alpha value is -2.20. The number of carbonyl (C=O) groups excluding carboxylic acids is 1. The highest BCUT2D eigenvalue weighted by Crippen LogP contribution is 2.33. The molecule has 2 aromatic rings. The Kier molecular flexibility index (Phi) is 5.42. The number of anilines is 1. The average Bonchev–Trinajstić information content (AvgIpc) is 2.80. The number of thiocarbonyl (C=S) groups is 1. The molecule has 0 saturated carbocycles. The summed E-state index contributed by atoms with van der Waals surface area (Å²) in [5, 5.41) is 0.615. The van der Waals surface area contributed by atoms with Crippen LogP contribution in [0.25, 0.3) is 0 Å². The zero-order valence-electron chi connectivity index (χ0n) is 15.7. The van der Waals surface area contributed by atoms with Gasteiger partial charge in [0.25, 0.3) is 5.91 Å². The zero-order chi connectivity index (χ0) is 18.7. The van der Waals surface area contributed by atoms with Gasteiger partial charge in [-0.3, -0.25) is 9.69 Å². The van der Waals surface area contributed by atoms with Gasteiger partial charge in [0.2, 0.25) is 0 Å². The first-order valence-corrected chi connectivity index (χ1v) is 9.65. The van der Waals surface area contributed by atoms with Gasteiger partial charge in [0.05, 0.1) is 0 Å². The van der Waals surface area contributed by atoms with Crippen molar-refractivity contribution < 1.29 is 4.79 Å². The molecule has 0 N–H and O–H groups in total. The minimum atomic E-state index is -0.647. The fraction of sp³-hybridized carbons (Fsp3) is 0.364. The first kappa shape index (κ1) is 18.6. The molecule has 1 fully saturated rings. The molecule has 0 bridgehead atoms. The minimum Gasteiger partial charge on any atom is -0.304 e. The largest absolute Gasteiger partial charge is 0.304 e. The molecule has 3 rings (SSSR count). The lowest BCUT2D eigenvalue weighted by molar-refractivity contribution is -0.129. The van der Waals surface area contributed by atoms with Crippen LogP contribution in [0.5, 0.6) is 0 Å². The third-order valence-electron chi connectivity index (χ3n) is 4.93. The van der Waals surface area contributed by atoms with Crippen molar-refractivity contribution in [1.29, 1.82) is 0 Å². The second kappa shape index (κ2) is 7.58. The molecule has 136 valence electrons. The Morgan fingerprint density at radius 1 is 0.962 bits per heavy atom. The van der Waals surface area contributed by atoms with Gasteiger partial charge < -0.3 is 4.90 Å². The average molecular weight is 367 g/mol. The highest BCUT2D eigenvalue weighted by Gasteiger charge is 2.49. The van der Waals surface area contributed by atoms with E-state index in [2.05, 4.69) is 55.5 Å². The predicted octanol–water partition coefficient (Wildman–Crippen LogP) is 4.79. The standard InChI is InChI=1S/C22H26N2OS/c1-4-5-15-23-20(25)22(2,3)24(21(23)26)19-13-11-18(12-14-19)16-17-9-7-6-8-10-17/h6-14H,4-5,15-16H2,1-3H3. The Morgan fingerprint density at radius 3 is 2.19 bits per heavy atom. The molecule has 26 heavy (non-hydrogen) atoms. The van der Waals surface area contributed by atoms with Gasteiger partial charge in [0.1, 0.15) is 5.54 Å². The first-order valence-electron chi connectivity index (χ1n) is 9.24. The van der Waals surface area contributed by atoms with Gasteiger partial charge in [-0.15, -0.1) is 0 Å². The van der Waals surface area contributed by atoms with E-state index < -0.39 is 5.54 Å². The molecule has 2 aromatic carbocycles. The summed E-state index contributed by atoms with van der Waals surface area (Å²) in [5.74, 6) is 0.0873. The Balaban J connectivity index is 1.81. The smallest absolute Gasteiger partial charge is 0.254 e. The topological polar surface area (TPSA) is 23.6 Å². The van der Waals surface area contributed by atoms with E-state index in [0.717, 1.165) is 24.9 Å². The zero-order valence-corrected chi connectivity index (χ0v) is 16.6. The van der Waals surface area contributed by atoms with Crippen LogP contribution in [0.3, 0.4) is 0 Å². The number of benzene rings is 2. The number of hydrogen-bond donors (Lipinski definition) is 0. The van der Waals surface area contributed by atoms with Crippen LogP contribution < -0.4 is 4.90 Å². The van der Waals surface area contributed by atoms with Crippen LogP contribution in [0.1, 0.15) is 44.7 Å². The summed E-state index contributed by atoms with van der Waals surface area (Å²) in [6.45, 7) is 6.72. The van der Waals surface area contributed by atoms with Gasteiger partial charge >= 0.3 is 0 Å². The number of hydrogen-bond acceptors (Lipinski definition) is 2. The molecular weight excluding hydrogens is 340 g/mol. The van der Waals surface area contributed by atoms with Gasteiger partial charge in [-0.2, -0.15) is 0 Å². The van der Waals surface area contributed by atoms with Crippen molar-refractivity contribution in [2.45, 2.75) is 45.6 Å². The SMILES string of the molecule is CCCCN1C(=O)C(C)(C)N(c2ccc(Cc3ccccc3)cc2)C1=S. The summed E-state index contributed by atoms with van der Waals surface area (Å²) >= 11 is 5.65. The molecule has 1 aliphatic rings. The monoisotopic (exact) mass is 366 g/mol. The molecular formula is C22H26N2OS. The van der Waals surface area contributed by atoms with Crippen molar-refractivity contribution in [1.82, 2.24) is 4.90 Å². The Morgan fingerprint density at radius 2 is 1.58 bits per heavy atom. The molecule has 0 unspecified atom stereocenters. The van der Waals surface area contributed by atoms with Gasteiger partial charge in [-0.1, -0.05) is 55.8 Å². The Bertz CT molecular complexity index is 784. The van der Waals surface area contributed by atoms with Crippen LogP contribution in [0.2, 0.25) is 0 Å².